The second kappa shape index (κ2) is 5.95. The van der Waals surface area contributed by atoms with Gasteiger partial charge in [-0.05, 0) is 0 Å². The van der Waals surface area contributed by atoms with Gasteiger partial charge >= 0.3 is 0 Å². The number of carbonyl (C=O) groups excluding carboxylic acids is 1. The van der Waals surface area contributed by atoms with Crippen LogP contribution in [0, 0.1) is 0 Å². The van der Waals surface area contributed by atoms with Crippen molar-refractivity contribution in [2.75, 3.05) is 13.1 Å². The third-order valence-electron chi connectivity index (χ3n) is 1.48. The molecular weight excluding hydrogens is 222 g/mol. The molecular formula is C8H12ClN3OS. The van der Waals surface area contributed by atoms with Crippen LogP contribution in [0.2, 0.25) is 4.34 Å². The number of thiazole rings is 1. The molecule has 6 heteroatoms. The van der Waals surface area contributed by atoms with E-state index < -0.39 is 0 Å². The maximum Gasteiger partial charge on any atom is 0.216 e. The highest BCUT2D eigenvalue weighted by molar-refractivity contribution is 7.15. The summed E-state index contributed by atoms with van der Waals surface area (Å²) in [7, 11) is 0. The summed E-state index contributed by atoms with van der Waals surface area (Å²) < 4.78 is 0.698. The Labute approximate surface area is 91.7 Å². The summed E-state index contributed by atoms with van der Waals surface area (Å²) in [5, 5.41) is 6.79. The minimum Gasteiger partial charge on any atom is -0.355 e. The number of nitrogens with one attached hydrogen (secondary N) is 2. The van der Waals surface area contributed by atoms with Crippen LogP contribution in [0.5, 0.6) is 0 Å². The van der Waals surface area contributed by atoms with Crippen LogP contribution in [0.4, 0.5) is 0 Å². The fourth-order valence-electron chi connectivity index (χ4n) is 0.892. The number of amides is 1. The molecule has 0 spiro atoms. The number of halogens is 1. The zero-order valence-electron chi connectivity index (χ0n) is 7.84. The molecule has 0 radical (unpaired) electrons. The monoisotopic (exact) mass is 233 g/mol. The zero-order valence-corrected chi connectivity index (χ0v) is 9.41. The molecule has 4 nitrogen and oxygen atoms in total. The summed E-state index contributed by atoms with van der Waals surface area (Å²) in [5.41, 5.74) is 0. The fourth-order valence-corrected chi connectivity index (χ4v) is 1.82. The van der Waals surface area contributed by atoms with E-state index in [9.17, 15) is 4.79 Å². The van der Waals surface area contributed by atoms with Crippen molar-refractivity contribution in [3.8, 4) is 0 Å². The summed E-state index contributed by atoms with van der Waals surface area (Å²) in [6.07, 6.45) is 1.64. The van der Waals surface area contributed by atoms with Crippen LogP contribution in [-0.2, 0) is 11.3 Å². The van der Waals surface area contributed by atoms with E-state index in [0.717, 1.165) is 11.6 Å². The molecule has 1 aromatic rings. The second-order valence-corrected chi connectivity index (χ2v) is 4.46. The molecule has 0 atom stereocenters. The predicted octanol–water partition coefficient (Wildman–Crippen LogP) is 1.02. The standard InChI is InChI=1S/C8H12ClN3OS/c1-6(13)11-3-2-10-5-8-12-4-7(9)14-8/h4,10H,2-3,5H2,1H3,(H,11,13). The number of hydrogen-bond donors (Lipinski definition) is 2. The van der Waals surface area contributed by atoms with Crippen molar-refractivity contribution in [1.82, 2.24) is 15.6 Å². The van der Waals surface area contributed by atoms with Crippen LogP contribution in [-0.4, -0.2) is 24.0 Å². The lowest BCUT2D eigenvalue weighted by atomic mass is 10.5. The SMILES string of the molecule is CC(=O)NCCNCc1ncc(Cl)s1. The van der Waals surface area contributed by atoms with Gasteiger partial charge < -0.3 is 10.6 Å². The highest BCUT2D eigenvalue weighted by Gasteiger charge is 1.98. The van der Waals surface area contributed by atoms with Crippen molar-refractivity contribution in [2.24, 2.45) is 0 Å². The number of nitrogens with zero attached hydrogens (tertiary/aromatic N) is 1. The van der Waals surface area contributed by atoms with Crippen LogP contribution in [0.15, 0.2) is 6.20 Å². The first-order valence-corrected chi connectivity index (χ1v) is 5.43. The van der Waals surface area contributed by atoms with Gasteiger partial charge in [0.2, 0.25) is 5.91 Å². The van der Waals surface area contributed by atoms with E-state index in [4.69, 9.17) is 11.6 Å². The quantitative estimate of drug-likeness (QED) is 0.747. The lowest BCUT2D eigenvalue weighted by Crippen LogP contribution is -2.29. The van der Waals surface area contributed by atoms with Crippen molar-refractivity contribution >= 4 is 28.8 Å². The van der Waals surface area contributed by atoms with Crippen LogP contribution < -0.4 is 10.6 Å². The van der Waals surface area contributed by atoms with E-state index in [1.54, 1.807) is 6.20 Å². The summed E-state index contributed by atoms with van der Waals surface area (Å²) in [6.45, 7) is 3.56. The van der Waals surface area contributed by atoms with Gasteiger partial charge in [0.25, 0.3) is 0 Å². The number of carbonyl (C=O) groups is 1. The van der Waals surface area contributed by atoms with E-state index in [1.165, 1.54) is 18.3 Å². The molecule has 78 valence electrons. The molecule has 0 aromatic carbocycles. The maximum atomic E-state index is 10.5. The highest BCUT2D eigenvalue weighted by atomic mass is 35.5. The van der Waals surface area contributed by atoms with Crippen molar-refractivity contribution in [3.63, 3.8) is 0 Å². The van der Waals surface area contributed by atoms with E-state index >= 15 is 0 Å². The third kappa shape index (κ3) is 4.55. The van der Waals surface area contributed by atoms with Crippen LogP contribution >= 0.6 is 22.9 Å². The topological polar surface area (TPSA) is 54.0 Å². The Morgan fingerprint density at radius 3 is 3.00 bits per heavy atom. The molecule has 0 aliphatic heterocycles. The molecule has 0 aliphatic carbocycles. The van der Waals surface area contributed by atoms with Gasteiger partial charge in [-0.25, -0.2) is 4.98 Å². The average Bonchev–Trinajstić information content (AvgIpc) is 2.50. The second-order valence-electron chi connectivity index (χ2n) is 2.72. The van der Waals surface area contributed by atoms with Crippen LogP contribution in [0.3, 0.4) is 0 Å². The molecule has 1 aromatic heterocycles. The van der Waals surface area contributed by atoms with Crippen molar-refractivity contribution < 1.29 is 4.79 Å². The predicted molar refractivity (Wildman–Crippen MR) is 57.5 cm³/mol. The van der Waals surface area contributed by atoms with E-state index in [1.807, 2.05) is 0 Å². The molecule has 14 heavy (non-hydrogen) atoms. The van der Waals surface area contributed by atoms with Gasteiger partial charge in [0.1, 0.15) is 9.34 Å². The molecule has 0 saturated carbocycles. The Hall–Kier alpha value is -0.650. The highest BCUT2D eigenvalue weighted by Crippen LogP contribution is 2.17. The number of hydrogen-bond acceptors (Lipinski definition) is 4. The Bertz CT molecular complexity index is 303. The average molecular weight is 234 g/mol. The van der Waals surface area contributed by atoms with Gasteiger partial charge in [-0.3, -0.25) is 4.79 Å². The lowest BCUT2D eigenvalue weighted by Gasteiger charge is -2.02. The van der Waals surface area contributed by atoms with Crippen LogP contribution in [0.1, 0.15) is 11.9 Å². The lowest BCUT2D eigenvalue weighted by molar-refractivity contribution is -0.118. The summed E-state index contributed by atoms with van der Waals surface area (Å²) in [5.74, 6) is -0.0101. The number of aromatic nitrogens is 1. The zero-order chi connectivity index (χ0) is 10.4. The van der Waals surface area contributed by atoms with Crippen LogP contribution in [0.25, 0.3) is 0 Å². The minimum atomic E-state index is -0.0101. The third-order valence-corrected chi connectivity index (χ3v) is 2.59. The largest absolute Gasteiger partial charge is 0.355 e. The molecule has 0 bridgehead atoms. The Kier molecular flexibility index (Phi) is 4.86. The van der Waals surface area contributed by atoms with Gasteiger partial charge in [0.05, 0.1) is 6.20 Å². The van der Waals surface area contributed by atoms with Crippen molar-refractivity contribution in [3.05, 3.63) is 15.5 Å². The van der Waals surface area contributed by atoms with E-state index in [2.05, 4.69) is 15.6 Å². The molecule has 0 unspecified atom stereocenters. The molecule has 1 heterocycles. The van der Waals surface area contributed by atoms with E-state index in [0.29, 0.717) is 17.4 Å². The van der Waals surface area contributed by atoms with Crippen molar-refractivity contribution in [2.45, 2.75) is 13.5 Å². The maximum absolute atomic E-state index is 10.5. The Balaban J connectivity index is 2.07. The fraction of sp³-hybridized carbons (Fsp3) is 0.500. The minimum absolute atomic E-state index is 0.0101. The summed E-state index contributed by atoms with van der Waals surface area (Å²) in [4.78, 5) is 14.6. The molecule has 0 saturated heterocycles. The Morgan fingerprint density at radius 1 is 1.64 bits per heavy atom. The normalized spacial score (nSPS) is 10.1. The first kappa shape index (κ1) is 11.4. The van der Waals surface area contributed by atoms with Gasteiger partial charge in [0, 0.05) is 26.6 Å². The summed E-state index contributed by atoms with van der Waals surface area (Å²) in [6, 6.07) is 0. The Morgan fingerprint density at radius 2 is 2.43 bits per heavy atom. The van der Waals surface area contributed by atoms with E-state index in [-0.39, 0.29) is 5.91 Å². The smallest absolute Gasteiger partial charge is 0.216 e. The van der Waals surface area contributed by atoms with Gasteiger partial charge in [-0.1, -0.05) is 11.6 Å². The molecule has 1 rings (SSSR count). The summed E-state index contributed by atoms with van der Waals surface area (Å²) >= 11 is 7.17. The molecule has 1 amide bonds. The number of rotatable bonds is 5. The van der Waals surface area contributed by atoms with Gasteiger partial charge in [-0.15, -0.1) is 11.3 Å². The molecule has 2 N–H and O–H groups in total. The molecule has 0 fully saturated rings. The van der Waals surface area contributed by atoms with Gasteiger partial charge in [-0.2, -0.15) is 0 Å². The van der Waals surface area contributed by atoms with Crippen molar-refractivity contribution in [1.29, 1.82) is 0 Å². The van der Waals surface area contributed by atoms with Gasteiger partial charge in [0.15, 0.2) is 0 Å². The molecule has 0 aliphatic rings. The first-order chi connectivity index (χ1) is 6.68. The first-order valence-electron chi connectivity index (χ1n) is 4.24.